The molecular formula is C33H40FN3O4. The van der Waals surface area contributed by atoms with E-state index >= 15 is 0 Å². The van der Waals surface area contributed by atoms with Crippen LogP contribution in [0.3, 0.4) is 0 Å². The third kappa shape index (κ3) is 6.77. The molecule has 6 rings (SSSR count). The maximum Gasteiger partial charge on any atom is 0.142 e. The Morgan fingerprint density at radius 3 is 2.66 bits per heavy atom. The SMILES string of the molecule is COCCCN1CCOc2ccc(COC3CNCCC3c3ccc(OC4CN(c5ccc(F)cc5)C4)cc3)cc21. The van der Waals surface area contributed by atoms with Crippen molar-refractivity contribution < 1.29 is 23.3 Å². The van der Waals surface area contributed by atoms with E-state index in [2.05, 4.69) is 57.6 Å². The maximum atomic E-state index is 13.2. The zero-order chi connectivity index (χ0) is 28.0. The van der Waals surface area contributed by atoms with Gasteiger partial charge in [-0.1, -0.05) is 18.2 Å². The molecule has 41 heavy (non-hydrogen) atoms. The van der Waals surface area contributed by atoms with Crippen LogP contribution in [0.25, 0.3) is 0 Å². The lowest BCUT2D eigenvalue weighted by Gasteiger charge is -2.40. The molecule has 3 aliphatic heterocycles. The number of halogens is 1. The smallest absolute Gasteiger partial charge is 0.142 e. The van der Waals surface area contributed by atoms with Crippen molar-refractivity contribution in [2.75, 3.05) is 69.4 Å². The van der Waals surface area contributed by atoms with Crippen LogP contribution in [0.5, 0.6) is 11.5 Å². The summed E-state index contributed by atoms with van der Waals surface area (Å²) in [6, 6.07) is 21.6. The van der Waals surface area contributed by atoms with Crippen molar-refractivity contribution in [1.82, 2.24) is 5.32 Å². The first kappa shape index (κ1) is 27.8. The van der Waals surface area contributed by atoms with Crippen molar-refractivity contribution in [2.24, 2.45) is 0 Å². The van der Waals surface area contributed by atoms with Crippen LogP contribution < -0.4 is 24.6 Å². The lowest BCUT2D eigenvalue weighted by atomic mass is 9.87. The molecule has 3 heterocycles. The van der Waals surface area contributed by atoms with Crippen molar-refractivity contribution in [1.29, 1.82) is 0 Å². The van der Waals surface area contributed by atoms with Gasteiger partial charge in [-0.2, -0.15) is 0 Å². The second-order valence-electron chi connectivity index (χ2n) is 11.1. The summed E-state index contributed by atoms with van der Waals surface area (Å²) < 4.78 is 37.1. The molecular weight excluding hydrogens is 521 g/mol. The summed E-state index contributed by atoms with van der Waals surface area (Å²) in [6.07, 6.45) is 2.26. The zero-order valence-corrected chi connectivity index (χ0v) is 23.8. The van der Waals surface area contributed by atoms with E-state index in [1.807, 2.05) is 12.1 Å². The predicted octanol–water partition coefficient (Wildman–Crippen LogP) is 4.99. The Bertz CT molecular complexity index is 1270. The highest BCUT2D eigenvalue weighted by Crippen LogP contribution is 2.34. The lowest BCUT2D eigenvalue weighted by Crippen LogP contribution is -2.54. The number of nitrogens with one attached hydrogen (secondary N) is 1. The van der Waals surface area contributed by atoms with E-state index < -0.39 is 0 Å². The van der Waals surface area contributed by atoms with E-state index in [1.165, 1.54) is 17.7 Å². The van der Waals surface area contributed by atoms with Gasteiger partial charge >= 0.3 is 0 Å². The fraction of sp³-hybridized carbons (Fsp3) is 0.455. The van der Waals surface area contributed by atoms with Gasteiger partial charge in [0, 0.05) is 38.4 Å². The Hall–Kier alpha value is -3.33. The first-order chi connectivity index (χ1) is 20.2. The summed E-state index contributed by atoms with van der Waals surface area (Å²) in [5, 5.41) is 3.51. The summed E-state index contributed by atoms with van der Waals surface area (Å²) in [6.45, 7) is 7.31. The van der Waals surface area contributed by atoms with Crippen LogP contribution in [0.1, 0.15) is 29.9 Å². The number of nitrogens with zero attached hydrogens (tertiary/aromatic N) is 2. The number of hydrogen-bond donors (Lipinski definition) is 1. The van der Waals surface area contributed by atoms with Crippen LogP contribution in [-0.2, 0) is 16.1 Å². The molecule has 8 heteroatoms. The fourth-order valence-corrected chi connectivity index (χ4v) is 5.99. The van der Waals surface area contributed by atoms with Crippen LogP contribution in [-0.4, -0.2) is 71.8 Å². The molecule has 3 aromatic carbocycles. The molecule has 7 nitrogen and oxygen atoms in total. The van der Waals surface area contributed by atoms with E-state index in [4.69, 9.17) is 18.9 Å². The molecule has 2 atom stereocenters. The fourth-order valence-electron chi connectivity index (χ4n) is 5.99. The molecule has 0 amide bonds. The molecule has 0 spiro atoms. The second-order valence-corrected chi connectivity index (χ2v) is 11.1. The van der Waals surface area contributed by atoms with E-state index in [-0.39, 0.29) is 18.0 Å². The highest BCUT2D eigenvalue weighted by molar-refractivity contribution is 5.61. The van der Waals surface area contributed by atoms with Crippen LogP contribution in [0.15, 0.2) is 66.7 Å². The van der Waals surface area contributed by atoms with Gasteiger partial charge in [-0.25, -0.2) is 4.39 Å². The average molecular weight is 562 g/mol. The zero-order valence-electron chi connectivity index (χ0n) is 23.8. The minimum atomic E-state index is -0.210. The van der Waals surface area contributed by atoms with Crippen LogP contribution in [0, 0.1) is 5.82 Å². The van der Waals surface area contributed by atoms with Crippen molar-refractivity contribution in [3.63, 3.8) is 0 Å². The lowest BCUT2D eigenvalue weighted by molar-refractivity contribution is 0.0106. The summed E-state index contributed by atoms with van der Waals surface area (Å²) in [5.41, 5.74) is 4.62. The van der Waals surface area contributed by atoms with Crippen molar-refractivity contribution in [3.05, 3.63) is 83.7 Å². The topological polar surface area (TPSA) is 55.4 Å². The number of methoxy groups -OCH3 is 1. The van der Waals surface area contributed by atoms with Crippen LogP contribution in [0.2, 0.25) is 0 Å². The number of piperidine rings is 1. The Kier molecular flexibility index (Phi) is 8.89. The van der Waals surface area contributed by atoms with E-state index in [1.54, 1.807) is 7.11 Å². The van der Waals surface area contributed by atoms with Gasteiger partial charge in [-0.3, -0.25) is 0 Å². The van der Waals surface area contributed by atoms with Gasteiger partial charge in [-0.15, -0.1) is 0 Å². The first-order valence-electron chi connectivity index (χ1n) is 14.8. The van der Waals surface area contributed by atoms with Gasteiger partial charge in [-0.05, 0) is 79.0 Å². The summed E-state index contributed by atoms with van der Waals surface area (Å²) >= 11 is 0. The van der Waals surface area contributed by atoms with Crippen molar-refractivity contribution in [2.45, 2.75) is 37.6 Å². The molecule has 0 aromatic heterocycles. The van der Waals surface area contributed by atoms with Gasteiger partial charge in [0.15, 0.2) is 0 Å². The maximum absolute atomic E-state index is 13.2. The minimum Gasteiger partial charge on any atom is -0.490 e. The van der Waals surface area contributed by atoms with Gasteiger partial charge < -0.3 is 34.1 Å². The highest BCUT2D eigenvalue weighted by atomic mass is 19.1. The summed E-state index contributed by atoms with van der Waals surface area (Å²) in [7, 11) is 1.75. The quantitative estimate of drug-likeness (QED) is 0.331. The number of fused-ring (bicyclic) bond motifs is 1. The molecule has 2 saturated heterocycles. The molecule has 0 saturated carbocycles. The van der Waals surface area contributed by atoms with Crippen LogP contribution >= 0.6 is 0 Å². The Balaban J connectivity index is 1.03. The summed E-state index contributed by atoms with van der Waals surface area (Å²) in [4.78, 5) is 4.59. The van der Waals surface area contributed by atoms with E-state index in [9.17, 15) is 4.39 Å². The number of hydrogen-bond acceptors (Lipinski definition) is 7. The Morgan fingerprint density at radius 1 is 1.02 bits per heavy atom. The Morgan fingerprint density at radius 2 is 1.85 bits per heavy atom. The molecule has 3 aromatic rings. The van der Waals surface area contributed by atoms with Gasteiger partial charge in [0.1, 0.15) is 30.0 Å². The second kappa shape index (κ2) is 13.1. The van der Waals surface area contributed by atoms with E-state index in [0.29, 0.717) is 19.1 Å². The van der Waals surface area contributed by atoms with Crippen LogP contribution in [0.4, 0.5) is 15.8 Å². The largest absolute Gasteiger partial charge is 0.490 e. The molecule has 2 fully saturated rings. The monoisotopic (exact) mass is 561 g/mol. The minimum absolute atomic E-state index is 0.0940. The molecule has 0 bridgehead atoms. The van der Waals surface area contributed by atoms with E-state index in [0.717, 1.165) is 87.2 Å². The molecule has 218 valence electrons. The normalized spacial score (nSPS) is 20.7. The third-order valence-corrected chi connectivity index (χ3v) is 8.30. The van der Waals surface area contributed by atoms with Crippen molar-refractivity contribution >= 4 is 11.4 Å². The molecule has 0 aliphatic carbocycles. The Labute approximate surface area is 242 Å². The first-order valence-corrected chi connectivity index (χ1v) is 14.8. The predicted molar refractivity (Wildman–Crippen MR) is 159 cm³/mol. The average Bonchev–Trinajstić information content (AvgIpc) is 2.99. The highest BCUT2D eigenvalue weighted by Gasteiger charge is 2.30. The summed E-state index contributed by atoms with van der Waals surface area (Å²) in [5.74, 6) is 1.95. The molecule has 0 radical (unpaired) electrons. The molecule has 1 N–H and O–H groups in total. The van der Waals surface area contributed by atoms with Gasteiger partial charge in [0.05, 0.1) is 38.0 Å². The van der Waals surface area contributed by atoms with Crippen molar-refractivity contribution in [3.8, 4) is 11.5 Å². The molecule has 3 aliphatic rings. The number of rotatable bonds is 11. The standard InChI is InChI=1S/C33H40FN3O4/c1-38-17-2-15-36-16-18-39-32-12-3-24(19-31(32)36)23-40-33-20-35-14-13-30(33)25-4-10-28(11-5-25)41-29-21-37(22-29)27-8-6-26(34)7-9-27/h3-12,19,29-30,33,35H,2,13-18,20-23H2,1H3. The van der Waals surface area contributed by atoms with Gasteiger partial charge in [0.25, 0.3) is 0 Å². The number of ether oxygens (including phenoxy) is 4. The third-order valence-electron chi connectivity index (χ3n) is 8.30. The molecule has 2 unspecified atom stereocenters. The number of anilines is 2. The number of benzene rings is 3. The van der Waals surface area contributed by atoms with Gasteiger partial charge in [0.2, 0.25) is 0 Å².